The van der Waals surface area contributed by atoms with E-state index < -0.39 is 10.0 Å². The van der Waals surface area contributed by atoms with Gasteiger partial charge >= 0.3 is 0 Å². The highest BCUT2D eigenvalue weighted by Crippen LogP contribution is 2.36. The Balaban J connectivity index is 1.74. The number of sulfonamides is 1. The lowest BCUT2D eigenvalue weighted by atomic mass is 10.2. The fourth-order valence-electron chi connectivity index (χ4n) is 3.19. The zero-order valence-electron chi connectivity index (χ0n) is 12.8. The van der Waals surface area contributed by atoms with E-state index in [2.05, 4.69) is 9.97 Å². The molecule has 0 bridgehead atoms. The highest BCUT2D eigenvalue weighted by molar-refractivity contribution is 7.89. The summed E-state index contributed by atoms with van der Waals surface area (Å²) in [6.07, 6.45) is 1.56. The molecule has 1 N–H and O–H groups in total. The maximum atomic E-state index is 13.0. The smallest absolute Gasteiger partial charge is 0.243 e. The first-order valence-electron chi connectivity index (χ1n) is 7.78. The normalized spacial score (nSPS) is 19.1. The fraction of sp³-hybridized carbons (Fsp3) is 0.235. The Labute approximate surface area is 145 Å². The van der Waals surface area contributed by atoms with Crippen LogP contribution in [0, 0.1) is 0 Å². The molecule has 0 aliphatic carbocycles. The van der Waals surface area contributed by atoms with Gasteiger partial charge in [-0.25, -0.2) is 13.4 Å². The summed E-state index contributed by atoms with van der Waals surface area (Å²) in [5.74, 6) is 0.694. The first kappa shape index (κ1) is 15.6. The van der Waals surface area contributed by atoms with Gasteiger partial charge in [-0.3, -0.25) is 0 Å². The van der Waals surface area contributed by atoms with Crippen LogP contribution in [0.1, 0.15) is 24.7 Å². The minimum absolute atomic E-state index is 0.220. The van der Waals surface area contributed by atoms with Gasteiger partial charge in [0.1, 0.15) is 5.82 Å². The monoisotopic (exact) mass is 361 g/mol. The number of imidazole rings is 1. The minimum atomic E-state index is -3.61. The Morgan fingerprint density at radius 2 is 2.00 bits per heavy atom. The van der Waals surface area contributed by atoms with E-state index in [0.29, 0.717) is 17.4 Å². The van der Waals surface area contributed by atoms with Crippen molar-refractivity contribution in [3.63, 3.8) is 0 Å². The van der Waals surface area contributed by atoms with Crippen LogP contribution in [0.25, 0.3) is 11.0 Å². The number of hydrogen-bond donors (Lipinski definition) is 1. The molecule has 1 aromatic heterocycles. The van der Waals surface area contributed by atoms with Gasteiger partial charge in [-0.05, 0) is 43.2 Å². The highest BCUT2D eigenvalue weighted by Gasteiger charge is 2.37. The van der Waals surface area contributed by atoms with Crippen molar-refractivity contribution in [2.75, 3.05) is 6.54 Å². The molecule has 4 rings (SSSR count). The first-order chi connectivity index (χ1) is 11.6. The lowest BCUT2D eigenvalue weighted by molar-refractivity contribution is 0.385. The molecular formula is C17H16ClN3O2S. The summed E-state index contributed by atoms with van der Waals surface area (Å²) in [5, 5.41) is 0.413. The second-order valence-electron chi connectivity index (χ2n) is 5.87. The Hall–Kier alpha value is -1.89. The van der Waals surface area contributed by atoms with Crippen molar-refractivity contribution in [2.45, 2.75) is 23.8 Å². The number of aromatic amines is 1. The van der Waals surface area contributed by atoms with Crippen LogP contribution in [-0.2, 0) is 10.0 Å². The number of nitrogens with one attached hydrogen (secondary N) is 1. The summed E-state index contributed by atoms with van der Waals surface area (Å²) in [5.41, 5.74) is 1.76. The van der Waals surface area contributed by atoms with Crippen LogP contribution in [0.2, 0.25) is 5.02 Å². The summed E-state index contributed by atoms with van der Waals surface area (Å²) in [6.45, 7) is 0.483. The third-order valence-electron chi connectivity index (χ3n) is 4.33. The number of halogens is 1. The Morgan fingerprint density at radius 1 is 1.17 bits per heavy atom. The Morgan fingerprint density at radius 3 is 2.79 bits per heavy atom. The molecule has 1 saturated heterocycles. The largest absolute Gasteiger partial charge is 0.341 e. The molecule has 7 heteroatoms. The van der Waals surface area contributed by atoms with Gasteiger partial charge in [0.25, 0.3) is 0 Å². The van der Waals surface area contributed by atoms with Gasteiger partial charge in [-0.15, -0.1) is 0 Å². The molecular weight excluding hydrogens is 346 g/mol. The quantitative estimate of drug-likeness (QED) is 0.772. The van der Waals surface area contributed by atoms with E-state index in [1.165, 1.54) is 10.4 Å². The van der Waals surface area contributed by atoms with Gasteiger partial charge in [-0.2, -0.15) is 4.31 Å². The molecule has 0 amide bonds. The molecule has 0 saturated carbocycles. The van der Waals surface area contributed by atoms with Crippen LogP contribution in [0.5, 0.6) is 0 Å². The van der Waals surface area contributed by atoms with E-state index in [1.807, 2.05) is 24.3 Å². The molecule has 5 nitrogen and oxygen atoms in total. The minimum Gasteiger partial charge on any atom is -0.341 e. The highest BCUT2D eigenvalue weighted by atomic mass is 35.5. The van der Waals surface area contributed by atoms with Gasteiger partial charge in [0.05, 0.1) is 22.0 Å². The molecule has 1 fully saturated rings. The van der Waals surface area contributed by atoms with Crippen molar-refractivity contribution < 1.29 is 8.42 Å². The lowest BCUT2D eigenvalue weighted by Crippen LogP contribution is -2.31. The van der Waals surface area contributed by atoms with E-state index >= 15 is 0 Å². The first-order valence-corrected chi connectivity index (χ1v) is 9.59. The number of H-pyrrole nitrogens is 1. The van der Waals surface area contributed by atoms with Crippen LogP contribution in [-0.4, -0.2) is 29.2 Å². The molecule has 124 valence electrons. The molecule has 2 heterocycles. The van der Waals surface area contributed by atoms with Gasteiger partial charge in [0, 0.05) is 11.6 Å². The third-order valence-corrected chi connectivity index (χ3v) is 6.47. The molecule has 24 heavy (non-hydrogen) atoms. The fourth-order valence-corrected chi connectivity index (χ4v) is 5.16. The molecule has 0 spiro atoms. The molecule has 1 aliphatic rings. The number of para-hydroxylation sites is 2. The second kappa shape index (κ2) is 5.88. The van der Waals surface area contributed by atoms with E-state index in [-0.39, 0.29) is 10.9 Å². The van der Waals surface area contributed by atoms with Gasteiger partial charge in [0.15, 0.2) is 0 Å². The van der Waals surface area contributed by atoms with E-state index in [0.717, 1.165) is 23.9 Å². The predicted molar refractivity (Wildman–Crippen MR) is 93.4 cm³/mol. The van der Waals surface area contributed by atoms with Crippen LogP contribution < -0.4 is 0 Å². The van der Waals surface area contributed by atoms with Gasteiger partial charge in [-0.1, -0.05) is 29.8 Å². The van der Waals surface area contributed by atoms with Crippen molar-refractivity contribution in [2.24, 2.45) is 0 Å². The van der Waals surface area contributed by atoms with E-state index in [1.54, 1.807) is 18.2 Å². The summed E-state index contributed by atoms with van der Waals surface area (Å²) < 4.78 is 27.5. The molecule has 1 atom stereocenters. The number of hydrogen-bond acceptors (Lipinski definition) is 3. The standard InChI is InChI=1S/C17H16ClN3O2S/c18-12-5-3-6-13(11-12)24(22,23)21-10-4-9-16(21)17-19-14-7-1-2-8-15(14)20-17/h1-3,5-8,11,16H,4,9-10H2,(H,19,20)/t16-/m1/s1. The maximum Gasteiger partial charge on any atom is 0.243 e. The second-order valence-corrected chi connectivity index (χ2v) is 8.20. The lowest BCUT2D eigenvalue weighted by Gasteiger charge is -2.22. The molecule has 1 aliphatic heterocycles. The van der Waals surface area contributed by atoms with Crippen LogP contribution in [0.15, 0.2) is 53.4 Å². The molecule has 2 aromatic carbocycles. The number of benzene rings is 2. The van der Waals surface area contributed by atoms with Crippen molar-refractivity contribution in [1.29, 1.82) is 0 Å². The van der Waals surface area contributed by atoms with Crippen molar-refractivity contribution in [3.05, 3.63) is 59.4 Å². The van der Waals surface area contributed by atoms with E-state index in [4.69, 9.17) is 11.6 Å². The van der Waals surface area contributed by atoms with Crippen molar-refractivity contribution >= 4 is 32.7 Å². The third kappa shape index (κ3) is 2.60. The number of aromatic nitrogens is 2. The van der Waals surface area contributed by atoms with Crippen LogP contribution >= 0.6 is 11.6 Å². The van der Waals surface area contributed by atoms with Gasteiger partial charge in [0.2, 0.25) is 10.0 Å². The number of rotatable bonds is 3. The van der Waals surface area contributed by atoms with Crippen LogP contribution in [0.3, 0.4) is 0 Å². The Kier molecular flexibility index (Phi) is 3.83. The molecule has 0 unspecified atom stereocenters. The summed E-state index contributed by atoms with van der Waals surface area (Å²) >= 11 is 5.96. The predicted octanol–water partition coefficient (Wildman–Crippen LogP) is 3.74. The van der Waals surface area contributed by atoms with Crippen molar-refractivity contribution in [3.8, 4) is 0 Å². The Bertz CT molecular complexity index is 967. The van der Waals surface area contributed by atoms with Crippen LogP contribution in [0.4, 0.5) is 0 Å². The maximum absolute atomic E-state index is 13.0. The topological polar surface area (TPSA) is 66.1 Å². The summed E-state index contributed by atoms with van der Waals surface area (Å²) in [7, 11) is -3.61. The van der Waals surface area contributed by atoms with Crippen molar-refractivity contribution in [1.82, 2.24) is 14.3 Å². The average molecular weight is 362 g/mol. The van der Waals surface area contributed by atoms with Gasteiger partial charge < -0.3 is 4.98 Å². The molecule has 3 aromatic rings. The summed E-state index contributed by atoms with van der Waals surface area (Å²) in [6, 6.07) is 13.8. The van der Waals surface area contributed by atoms with E-state index in [9.17, 15) is 8.42 Å². The molecule has 0 radical (unpaired) electrons. The zero-order chi connectivity index (χ0) is 16.7. The SMILES string of the molecule is O=S(=O)(c1cccc(Cl)c1)N1CCC[C@@H]1c1nc2ccccc2[nH]1. The summed E-state index contributed by atoms with van der Waals surface area (Å²) in [4.78, 5) is 8.06. The number of nitrogens with zero attached hydrogens (tertiary/aromatic N) is 2. The zero-order valence-corrected chi connectivity index (χ0v) is 14.4. The average Bonchev–Trinajstić information content (AvgIpc) is 3.21. The number of fused-ring (bicyclic) bond motifs is 1.